The predicted molar refractivity (Wildman–Crippen MR) is 138 cm³/mol. The van der Waals surface area contributed by atoms with Gasteiger partial charge in [-0.1, -0.05) is 36.4 Å². The number of carbonyl (C=O) groups excluding carboxylic acids is 2. The molecule has 2 aliphatic rings. The Hall–Kier alpha value is -3.04. The van der Waals surface area contributed by atoms with Crippen LogP contribution < -0.4 is 0 Å². The summed E-state index contributed by atoms with van der Waals surface area (Å²) in [6.45, 7) is 6.08. The standard InChI is InChI=1S/C29H36F2N2O5/c1-28(2,3)38-27(35)33-16-22(21-12-11-20(30)15-24(21)31)23(17-33)26(34)32-14-13-29(37-5,25(18-32)36-4)19-9-7-6-8-10-19/h6-12,15,22-23,25H,13-14,16-18H2,1-5H3/t22-,23+,25-,29-/m0/s1. The molecule has 0 aromatic heterocycles. The zero-order chi connectivity index (χ0) is 27.7. The number of piperidine rings is 1. The SMILES string of the molecule is CO[C@H]1CN(C(=O)[C@@H]2CN(C(=O)OC(C)(C)C)C[C@H]2c2ccc(F)cc2F)CC[C@]1(OC)c1ccccc1. The van der Waals surface area contributed by atoms with Crippen molar-refractivity contribution in [2.75, 3.05) is 40.4 Å². The normalized spacial score (nSPS) is 25.9. The van der Waals surface area contributed by atoms with Gasteiger partial charge in [0.05, 0.1) is 12.5 Å². The highest BCUT2D eigenvalue weighted by molar-refractivity contribution is 5.82. The van der Waals surface area contributed by atoms with Crippen LogP contribution in [0.15, 0.2) is 48.5 Å². The monoisotopic (exact) mass is 530 g/mol. The van der Waals surface area contributed by atoms with E-state index < -0.39 is 46.9 Å². The van der Waals surface area contributed by atoms with Crippen molar-refractivity contribution in [2.45, 2.75) is 50.4 Å². The van der Waals surface area contributed by atoms with E-state index >= 15 is 0 Å². The summed E-state index contributed by atoms with van der Waals surface area (Å²) in [5.74, 6) is -3.04. The highest BCUT2D eigenvalue weighted by atomic mass is 19.1. The van der Waals surface area contributed by atoms with Gasteiger partial charge in [0.2, 0.25) is 5.91 Å². The van der Waals surface area contributed by atoms with Gasteiger partial charge >= 0.3 is 6.09 Å². The van der Waals surface area contributed by atoms with Gasteiger partial charge in [-0.3, -0.25) is 4.79 Å². The van der Waals surface area contributed by atoms with Gasteiger partial charge in [0, 0.05) is 52.3 Å². The first-order chi connectivity index (χ1) is 18.0. The lowest BCUT2D eigenvalue weighted by Crippen LogP contribution is -2.57. The molecule has 0 N–H and O–H groups in total. The molecule has 0 radical (unpaired) electrons. The Morgan fingerprint density at radius 1 is 0.974 bits per heavy atom. The van der Waals surface area contributed by atoms with E-state index in [1.165, 1.54) is 17.0 Å². The van der Waals surface area contributed by atoms with Gasteiger partial charge in [-0.2, -0.15) is 0 Å². The van der Waals surface area contributed by atoms with Crippen LogP contribution in [-0.2, 0) is 24.6 Å². The predicted octanol–water partition coefficient (Wildman–Crippen LogP) is 4.70. The Balaban J connectivity index is 1.61. The lowest BCUT2D eigenvalue weighted by atomic mass is 9.80. The molecule has 7 nitrogen and oxygen atoms in total. The number of hydrogen-bond acceptors (Lipinski definition) is 5. The van der Waals surface area contributed by atoms with Crippen molar-refractivity contribution >= 4 is 12.0 Å². The number of hydrogen-bond donors (Lipinski definition) is 0. The Morgan fingerprint density at radius 2 is 1.68 bits per heavy atom. The van der Waals surface area contributed by atoms with Crippen molar-refractivity contribution in [1.82, 2.24) is 9.80 Å². The molecule has 0 bridgehead atoms. The summed E-state index contributed by atoms with van der Waals surface area (Å²) in [5, 5.41) is 0. The number of amides is 2. The maximum atomic E-state index is 14.9. The topological polar surface area (TPSA) is 68.3 Å². The van der Waals surface area contributed by atoms with E-state index in [0.29, 0.717) is 13.0 Å². The first-order valence-electron chi connectivity index (χ1n) is 12.8. The Kier molecular flexibility index (Phi) is 8.09. The summed E-state index contributed by atoms with van der Waals surface area (Å²) in [7, 11) is 3.23. The molecular weight excluding hydrogens is 494 g/mol. The molecule has 2 aromatic rings. The number of carbonyl (C=O) groups is 2. The van der Waals surface area contributed by atoms with Crippen LogP contribution in [0.4, 0.5) is 13.6 Å². The molecule has 206 valence electrons. The van der Waals surface area contributed by atoms with Crippen molar-refractivity contribution in [2.24, 2.45) is 5.92 Å². The van der Waals surface area contributed by atoms with Crippen molar-refractivity contribution in [3.63, 3.8) is 0 Å². The second-order valence-electron chi connectivity index (χ2n) is 11.0. The van der Waals surface area contributed by atoms with Crippen molar-refractivity contribution in [1.29, 1.82) is 0 Å². The smallest absolute Gasteiger partial charge is 0.410 e. The van der Waals surface area contributed by atoms with E-state index in [-0.39, 0.29) is 31.1 Å². The zero-order valence-electron chi connectivity index (χ0n) is 22.6. The fourth-order valence-corrected chi connectivity index (χ4v) is 5.65. The van der Waals surface area contributed by atoms with E-state index in [4.69, 9.17) is 14.2 Å². The van der Waals surface area contributed by atoms with Crippen molar-refractivity contribution in [3.8, 4) is 0 Å². The lowest BCUT2D eigenvalue weighted by molar-refractivity contribution is -0.170. The molecule has 2 heterocycles. The van der Waals surface area contributed by atoms with Gasteiger partial charge in [0.25, 0.3) is 0 Å². The van der Waals surface area contributed by atoms with Crippen LogP contribution in [0.2, 0.25) is 0 Å². The van der Waals surface area contributed by atoms with Gasteiger partial charge in [-0.15, -0.1) is 0 Å². The zero-order valence-corrected chi connectivity index (χ0v) is 22.6. The van der Waals surface area contributed by atoms with Crippen LogP contribution in [0.3, 0.4) is 0 Å². The van der Waals surface area contributed by atoms with Crippen molar-refractivity contribution in [3.05, 3.63) is 71.3 Å². The summed E-state index contributed by atoms with van der Waals surface area (Å²) < 4.78 is 46.0. The third kappa shape index (κ3) is 5.54. The maximum absolute atomic E-state index is 14.9. The van der Waals surface area contributed by atoms with E-state index in [1.807, 2.05) is 30.3 Å². The number of halogens is 2. The van der Waals surface area contributed by atoms with Crippen LogP contribution in [0.1, 0.15) is 44.2 Å². The molecule has 38 heavy (non-hydrogen) atoms. The minimum atomic E-state index is -0.741. The molecule has 0 aliphatic carbocycles. The fourth-order valence-electron chi connectivity index (χ4n) is 5.65. The fraction of sp³-hybridized carbons (Fsp3) is 0.517. The molecular formula is C29H36F2N2O5. The van der Waals surface area contributed by atoms with Gasteiger partial charge in [-0.25, -0.2) is 13.6 Å². The molecule has 2 aliphatic heterocycles. The Labute approximate surface area is 222 Å². The van der Waals surface area contributed by atoms with E-state index in [9.17, 15) is 18.4 Å². The van der Waals surface area contributed by atoms with Crippen LogP contribution in [0.5, 0.6) is 0 Å². The molecule has 0 saturated carbocycles. The first-order valence-corrected chi connectivity index (χ1v) is 12.8. The minimum Gasteiger partial charge on any atom is -0.444 e. The first kappa shape index (κ1) is 28.0. The van der Waals surface area contributed by atoms with Gasteiger partial charge < -0.3 is 24.0 Å². The van der Waals surface area contributed by atoms with Gasteiger partial charge in [0.1, 0.15) is 28.9 Å². The van der Waals surface area contributed by atoms with Crippen LogP contribution in [0.25, 0.3) is 0 Å². The van der Waals surface area contributed by atoms with E-state index in [2.05, 4.69) is 0 Å². The molecule has 2 amide bonds. The quantitative estimate of drug-likeness (QED) is 0.561. The van der Waals surface area contributed by atoms with Crippen LogP contribution in [-0.4, -0.2) is 73.9 Å². The average molecular weight is 531 g/mol. The minimum absolute atomic E-state index is 0.0669. The molecule has 0 unspecified atom stereocenters. The molecule has 2 fully saturated rings. The maximum Gasteiger partial charge on any atom is 0.410 e. The second-order valence-corrected chi connectivity index (χ2v) is 11.0. The summed E-state index contributed by atoms with van der Waals surface area (Å²) in [4.78, 5) is 30.0. The molecule has 9 heteroatoms. The second kappa shape index (κ2) is 11.0. The third-order valence-electron chi connectivity index (χ3n) is 7.53. The number of benzene rings is 2. The van der Waals surface area contributed by atoms with Crippen LogP contribution >= 0.6 is 0 Å². The summed E-state index contributed by atoms with van der Waals surface area (Å²) in [6, 6.07) is 13.1. The van der Waals surface area contributed by atoms with E-state index in [0.717, 1.165) is 11.6 Å². The highest BCUT2D eigenvalue weighted by Crippen LogP contribution is 2.41. The molecule has 2 aromatic carbocycles. The Morgan fingerprint density at radius 3 is 2.29 bits per heavy atom. The highest BCUT2D eigenvalue weighted by Gasteiger charge is 2.49. The largest absolute Gasteiger partial charge is 0.444 e. The lowest BCUT2D eigenvalue weighted by Gasteiger charge is -2.47. The average Bonchev–Trinajstić information content (AvgIpc) is 3.32. The number of rotatable bonds is 5. The van der Waals surface area contributed by atoms with Crippen LogP contribution in [0, 0.1) is 17.6 Å². The number of likely N-dealkylation sites (tertiary alicyclic amines) is 2. The molecule has 4 atom stereocenters. The van der Waals surface area contributed by atoms with Gasteiger partial charge in [0.15, 0.2) is 0 Å². The molecule has 0 spiro atoms. The number of methoxy groups -OCH3 is 2. The van der Waals surface area contributed by atoms with Crippen molar-refractivity contribution < 1.29 is 32.6 Å². The molecule has 4 rings (SSSR count). The molecule has 2 saturated heterocycles. The number of nitrogens with zero attached hydrogens (tertiary/aromatic N) is 2. The van der Waals surface area contributed by atoms with E-state index in [1.54, 1.807) is 39.9 Å². The van der Waals surface area contributed by atoms with Gasteiger partial charge in [-0.05, 0) is 38.0 Å². The third-order valence-corrected chi connectivity index (χ3v) is 7.53. The number of ether oxygens (including phenoxy) is 3. The summed E-state index contributed by atoms with van der Waals surface area (Å²) >= 11 is 0. The summed E-state index contributed by atoms with van der Waals surface area (Å²) in [6.07, 6.45) is -0.524. The Bertz CT molecular complexity index is 1160. The summed E-state index contributed by atoms with van der Waals surface area (Å²) in [5.41, 5.74) is -0.292.